The molecule has 1 saturated heterocycles. The van der Waals surface area contributed by atoms with E-state index < -0.39 is 9.84 Å². The minimum atomic E-state index is -2.92. The highest BCUT2D eigenvalue weighted by molar-refractivity contribution is 7.91. The first-order chi connectivity index (χ1) is 8.43. The number of nitrogens with zero attached hydrogens (tertiary/aromatic N) is 2. The topological polar surface area (TPSA) is 99.1 Å². The number of aromatic nitrogens is 2. The second-order valence-corrected chi connectivity index (χ2v) is 7.19. The zero-order chi connectivity index (χ0) is 13.3. The summed E-state index contributed by atoms with van der Waals surface area (Å²) in [4.78, 5) is 4.33. The number of rotatable bonds is 4. The fraction of sp³-hybridized carbons (Fsp3) is 0.818. The number of hydrogen-bond donors (Lipinski definition) is 1. The minimum Gasteiger partial charge on any atom is -0.339 e. The molecule has 2 heterocycles. The quantitative estimate of drug-likeness (QED) is 0.871. The highest BCUT2D eigenvalue weighted by Gasteiger charge is 2.33. The summed E-state index contributed by atoms with van der Waals surface area (Å²) in [6.45, 7) is 3.91. The van der Waals surface area contributed by atoms with Gasteiger partial charge in [0, 0.05) is 12.0 Å². The van der Waals surface area contributed by atoms with Crippen LogP contribution >= 0.6 is 0 Å². The molecule has 1 fully saturated rings. The lowest BCUT2D eigenvalue weighted by Gasteiger charge is -2.13. The van der Waals surface area contributed by atoms with Crippen LogP contribution in [0.4, 0.5) is 0 Å². The molecule has 0 bridgehead atoms. The van der Waals surface area contributed by atoms with Crippen LogP contribution in [-0.2, 0) is 9.84 Å². The van der Waals surface area contributed by atoms with Crippen LogP contribution in [-0.4, -0.2) is 36.1 Å². The van der Waals surface area contributed by atoms with Gasteiger partial charge in [0.05, 0.1) is 17.4 Å². The average Bonchev–Trinajstić information content (AvgIpc) is 2.85. The van der Waals surface area contributed by atoms with Crippen LogP contribution in [0.5, 0.6) is 0 Å². The molecule has 1 aromatic rings. The van der Waals surface area contributed by atoms with Crippen LogP contribution < -0.4 is 5.73 Å². The monoisotopic (exact) mass is 273 g/mol. The van der Waals surface area contributed by atoms with Crippen molar-refractivity contribution in [3.8, 4) is 0 Å². The molecule has 2 rings (SSSR count). The Kier molecular flexibility index (Phi) is 3.72. The second kappa shape index (κ2) is 4.97. The number of nitrogens with two attached hydrogens (primary N) is 1. The van der Waals surface area contributed by atoms with Crippen molar-refractivity contribution in [2.24, 2.45) is 5.73 Å². The van der Waals surface area contributed by atoms with Gasteiger partial charge >= 0.3 is 0 Å². The summed E-state index contributed by atoms with van der Waals surface area (Å²) in [5.41, 5.74) is 5.86. The lowest BCUT2D eigenvalue weighted by molar-refractivity contribution is 0.330. The van der Waals surface area contributed by atoms with Gasteiger partial charge in [0.25, 0.3) is 0 Å². The Morgan fingerprint density at radius 1 is 1.56 bits per heavy atom. The maximum atomic E-state index is 11.4. The van der Waals surface area contributed by atoms with Gasteiger partial charge in [-0.15, -0.1) is 0 Å². The van der Waals surface area contributed by atoms with Crippen LogP contribution in [0.25, 0.3) is 0 Å². The lowest BCUT2D eigenvalue weighted by atomic mass is 9.99. The maximum Gasteiger partial charge on any atom is 0.231 e. The van der Waals surface area contributed by atoms with Gasteiger partial charge in [-0.3, -0.25) is 0 Å². The first-order valence-corrected chi connectivity index (χ1v) is 8.04. The third-order valence-electron chi connectivity index (χ3n) is 3.45. The van der Waals surface area contributed by atoms with Crippen molar-refractivity contribution >= 4 is 9.84 Å². The molecule has 3 unspecified atom stereocenters. The highest BCUT2D eigenvalue weighted by Crippen LogP contribution is 2.28. The van der Waals surface area contributed by atoms with Gasteiger partial charge in [-0.2, -0.15) is 4.98 Å². The van der Waals surface area contributed by atoms with Crippen molar-refractivity contribution in [3.05, 3.63) is 11.7 Å². The van der Waals surface area contributed by atoms with Gasteiger partial charge in [0.1, 0.15) is 0 Å². The Balaban J connectivity index is 2.16. The third kappa shape index (κ3) is 2.72. The SMILES string of the molecule is CCC(c1nc(C2CCS(=O)(=O)C2)no1)C(C)N. The summed E-state index contributed by atoms with van der Waals surface area (Å²) in [7, 11) is -2.92. The molecule has 6 nitrogen and oxygen atoms in total. The normalized spacial score (nSPS) is 26.1. The lowest BCUT2D eigenvalue weighted by Crippen LogP contribution is -2.24. The van der Waals surface area contributed by atoms with Crippen molar-refractivity contribution < 1.29 is 12.9 Å². The average molecular weight is 273 g/mol. The van der Waals surface area contributed by atoms with Crippen LogP contribution in [0, 0.1) is 0 Å². The van der Waals surface area contributed by atoms with Gasteiger partial charge in [-0.25, -0.2) is 8.42 Å². The predicted molar refractivity (Wildman–Crippen MR) is 67.0 cm³/mol. The molecule has 18 heavy (non-hydrogen) atoms. The van der Waals surface area contributed by atoms with E-state index in [0.29, 0.717) is 18.1 Å². The molecule has 3 atom stereocenters. The fourth-order valence-electron chi connectivity index (χ4n) is 2.33. The minimum absolute atomic E-state index is 0.0317. The summed E-state index contributed by atoms with van der Waals surface area (Å²) in [5.74, 6) is 1.27. The molecule has 7 heteroatoms. The molecular weight excluding hydrogens is 254 g/mol. The van der Waals surface area contributed by atoms with Crippen molar-refractivity contribution in [1.29, 1.82) is 0 Å². The molecule has 0 radical (unpaired) electrons. The Bertz CT molecular complexity index is 509. The van der Waals surface area contributed by atoms with E-state index in [1.54, 1.807) is 0 Å². The first-order valence-electron chi connectivity index (χ1n) is 6.22. The van der Waals surface area contributed by atoms with E-state index in [1.807, 2.05) is 13.8 Å². The molecule has 2 N–H and O–H groups in total. The highest BCUT2D eigenvalue weighted by atomic mass is 32.2. The van der Waals surface area contributed by atoms with Crippen molar-refractivity contribution in [3.63, 3.8) is 0 Å². The standard InChI is InChI=1S/C11H19N3O3S/c1-3-9(7(2)12)11-13-10(14-17-11)8-4-5-18(15,16)6-8/h7-9H,3-6,12H2,1-2H3. The van der Waals surface area contributed by atoms with E-state index in [2.05, 4.69) is 10.1 Å². The Hall–Kier alpha value is -0.950. The van der Waals surface area contributed by atoms with Crippen LogP contribution in [0.3, 0.4) is 0 Å². The van der Waals surface area contributed by atoms with Crippen molar-refractivity contribution in [1.82, 2.24) is 10.1 Å². The molecular formula is C11H19N3O3S. The van der Waals surface area contributed by atoms with E-state index in [-0.39, 0.29) is 29.4 Å². The van der Waals surface area contributed by atoms with E-state index in [0.717, 1.165) is 6.42 Å². The van der Waals surface area contributed by atoms with E-state index in [9.17, 15) is 8.42 Å². The third-order valence-corrected chi connectivity index (χ3v) is 5.21. The van der Waals surface area contributed by atoms with Gasteiger partial charge < -0.3 is 10.3 Å². The predicted octanol–water partition coefficient (Wildman–Crippen LogP) is 0.813. The van der Waals surface area contributed by atoms with Crippen molar-refractivity contribution in [2.45, 2.75) is 44.6 Å². The molecule has 0 amide bonds. The molecule has 102 valence electrons. The molecule has 0 spiro atoms. The van der Waals surface area contributed by atoms with Gasteiger partial charge in [-0.1, -0.05) is 12.1 Å². The molecule has 0 aromatic carbocycles. The van der Waals surface area contributed by atoms with E-state index in [4.69, 9.17) is 10.3 Å². The summed E-state index contributed by atoms with van der Waals surface area (Å²) in [6, 6.07) is -0.0596. The molecule has 1 aliphatic heterocycles. The van der Waals surface area contributed by atoms with Crippen LogP contribution in [0.15, 0.2) is 4.52 Å². The largest absolute Gasteiger partial charge is 0.339 e. The summed E-state index contributed by atoms with van der Waals surface area (Å²) >= 11 is 0. The van der Waals surface area contributed by atoms with Crippen LogP contribution in [0.2, 0.25) is 0 Å². The summed E-state index contributed by atoms with van der Waals surface area (Å²) in [6.07, 6.45) is 1.40. The van der Waals surface area contributed by atoms with Crippen molar-refractivity contribution in [2.75, 3.05) is 11.5 Å². The molecule has 1 aromatic heterocycles. The van der Waals surface area contributed by atoms with Gasteiger partial charge in [-0.05, 0) is 19.8 Å². The molecule has 0 saturated carbocycles. The van der Waals surface area contributed by atoms with E-state index in [1.165, 1.54) is 0 Å². The molecule has 0 aliphatic carbocycles. The summed E-state index contributed by atoms with van der Waals surface area (Å²) in [5, 5.41) is 3.91. The molecule has 1 aliphatic rings. The smallest absolute Gasteiger partial charge is 0.231 e. The number of sulfone groups is 1. The Morgan fingerprint density at radius 2 is 2.28 bits per heavy atom. The zero-order valence-corrected chi connectivity index (χ0v) is 11.5. The Labute approximate surface area is 107 Å². The number of hydrogen-bond acceptors (Lipinski definition) is 6. The van der Waals surface area contributed by atoms with Gasteiger partial charge in [0.15, 0.2) is 15.7 Å². The maximum absolute atomic E-state index is 11.4. The van der Waals surface area contributed by atoms with Crippen LogP contribution in [0.1, 0.15) is 50.2 Å². The van der Waals surface area contributed by atoms with Gasteiger partial charge in [0.2, 0.25) is 5.89 Å². The fourth-order valence-corrected chi connectivity index (χ4v) is 4.07. The van der Waals surface area contributed by atoms with E-state index >= 15 is 0 Å². The second-order valence-electron chi connectivity index (χ2n) is 4.96. The zero-order valence-electron chi connectivity index (χ0n) is 10.7. The first kappa shape index (κ1) is 13.5. The Morgan fingerprint density at radius 3 is 2.78 bits per heavy atom. The summed E-state index contributed by atoms with van der Waals surface area (Å²) < 4.78 is 28.1.